The molecule has 1 unspecified atom stereocenters. The van der Waals surface area contributed by atoms with E-state index in [9.17, 15) is 33.9 Å². The number of thioether (sulfide) groups is 1. The standard InChI is InChI=1S/C23H27N5O7S/c1-4-26-10-11-27(19(32)18(26)31)22(35)25-13(12-8-6-5-7-9-12)16(29)24-14-17(30)28-15(21(33)34)23(2,3)36-20(14)28/h5-9,13-15,20H,4,10-11H2,1-3H3,(H,24,29)(H,25,35)(H,33,34)/t13-,14-,15+,20?/m1/s1. The molecule has 1 aromatic carbocycles. The van der Waals surface area contributed by atoms with Crippen molar-refractivity contribution < 1.29 is 33.9 Å². The molecule has 3 saturated heterocycles. The molecule has 12 nitrogen and oxygen atoms in total. The van der Waals surface area contributed by atoms with Gasteiger partial charge in [0.05, 0.1) is 0 Å². The summed E-state index contributed by atoms with van der Waals surface area (Å²) < 4.78 is -0.758. The zero-order chi connectivity index (χ0) is 26.4. The molecule has 0 aliphatic carbocycles. The highest BCUT2D eigenvalue weighted by atomic mass is 32.2. The highest BCUT2D eigenvalue weighted by molar-refractivity contribution is 8.01. The number of imide groups is 1. The minimum absolute atomic E-state index is 0.0200. The monoisotopic (exact) mass is 517 g/mol. The number of aliphatic carboxylic acids is 1. The molecule has 0 spiro atoms. The first-order chi connectivity index (χ1) is 17.0. The number of benzene rings is 1. The molecular formula is C23H27N5O7S. The average molecular weight is 518 g/mol. The maximum absolute atomic E-state index is 13.3. The largest absolute Gasteiger partial charge is 0.480 e. The second-order valence-electron chi connectivity index (χ2n) is 9.22. The van der Waals surface area contributed by atoms with E-state index in [-0.39, 0.29) is 13.1 Å². The Morgan fingerprint density at radius 2 is 1.78 bits per heavy atom. The van der Waals surface area contributed by atoms with E-state index in [2.05, 4.69) is 10.6 Å². The van der Waals surface area contributed by atoms with Crippen LogP contribution in [0.3, 0.4) is 0 Å². The van der Waals surface area contributed by atoms with Crippen molar-refractivity contribution >= 4 is 47.4 Å². The Bertz CT molecular complexity index is 1130. The third-order valence-corrected chi connectivity index (χ3v) is 8.14. The molecule has 192 valence electrons. The topological polar surface area (TPSA) is 156 Å². The van der Waals surface area contributed by atoms with E-state index in [0.717, 1.165) is 4.90 Å². The summed E-state index contributed by atoms with van der Waals surface area (Å²) in [6, 6.07) is 4.11. The zero-order valence-electron chi connectivity index (χ0n) is 20.0. The smallest absolute Gasteiger partial charge is 0.327 e. The van der Waals surface area contributed by atoms with E-state index in [1.165, 1.54) is 21.6 Å². The Morgan fingerprint density at radius 1 is 1.11 bits per heavy atom. The highest BCUT2D eigenvalue weighted by Crippen LogP contribution is 2.50. The first-order valence-electron chi connectivity index (χ1n) is 11.5. The Morgan fingerprint density at radius 3 is 2.39 bits per heavy atom. The summed E-state index contributed by atoms with van der Waals surface area (Å²) >= 11 is 1.28. The van der Waals surface area contributed by atoms with Crippen molar-refractivity contribution in [1.29, 1.82) is 0 Å². The predicted molar refractivity (Wildman–Crippen MR) is 127 cm³/mol. The van der Waals surface area contributed by atoms with Crippen LogP contribution >= 0.6 is 11.8 Å². The molecule has 3 N–H and O–H groups in total. The van der Waals surface area contributed by atoms with Gasteiger partial charge in [-0.05, 0) is 26.3 Å². The number of β-lactam (4-membered cyclic amide) rings is 1. The number of rotatable bonds is 6. The van der Waals surface area contributed by atoms with Gasteiger partial charge in [-0.2, -0.15) is 0 Å². The molecule has 4 atom stereocenters. The van der Waals surface area contributed by atoms with Gasteiger partial charge in [0, 0.05) is 24.4 Å². The third-order valence-electron chi connectivity index (χ3n) is 6.57. The fourth-order valence-electron chi connectivity index (χ4n) is 4.70. The van der Waals surface area contributed by atoms with Gasteiger partial charge in [0.1, 0.15) is 23.5 Å². The van der Waals surface area contributed by atoms with Crippen LogP contribution in [0.15, 0.2) is 30.3 Å². The summed E-state index contributed by atoms with van der Waals surface area (Å²) in [6.07, 6.45) is 0. The lowest BCUT2D eigenvalue weighted by atomic mass is 9.95. The van der Waals surface area contributed by atoms with Crippen LogP contribution in [0.5, 0.6) is 0 Å². The van der Waals surface area contributed by atoms with Gasteiger partial charge in [-0.3, -0.25) is 24.1 Å². The van der Waals surface area contributed by atoms with Gasteiger partial charge in [-0.1, -0.05) is 30.3 Å². The number of likely N-dealkylation sites (N-methyl/N-ethyl adjacent to an activating group) is 1. The number of carboxylic acids is 1. The number of fused-ring (bicyclic) bond motifs is 1. The number of urea groups is 1. The van der Waals surface area contributed by atoms with Gasteiger partial charge < -0.3 is 25.5 Å². The van der Waals surface area contributed by atoms with Gasteiger partial charge in [0.25, 0.3) is 0 Å². The van der Waals surface area contributed by atoms with E-state index >= 15 is 0 Å². The van der Waals surface area contributed by atoms with Crippen molar-refractivity contribution in [2.45, 2.75) is 49.0 Å². The summed E-state index contributed by atoms with van der Waals surface area (Å²) in [5.74, 6) is -4.12. The number of piperazine rings is 1. The lowest BCUT2D eigenvalue weighted by Crippen LogP contribution is -2.71. The summed E-state index contributed by atoms with van der Waals surface area (Å²) in [5, 5.41) is 14.2. The Hall–Kier alpha value is -3.61. The molecule has 3 fully saturated rings. The molecular weight excluding hydrogens is 490 g/mol. The van der Waals surface area contributed by atoms with Crippen LogP contribution in [0.4, 0.5) is 4.79 Å². The van der Waals surface area contributed by atoms with Crippen LogP contribution < -0.4 is 10.6 Å². The number of nitrogens with one attached hydrogen (secondary N) is 2. The molecule has 0 radical (unpaired) electrons. The molecule has 0 bridgehead atoms. The van der Waals surface area contributed by atoms with Crippen molar-refractivity contribution in [3.8, 4) is 0 Å². The molecule has 36 heavy (non-hydrogen) atoms. The fourth-order valence-corrected chi connectivity index (χ4v) is 6.32. The molecule has 1 aromatic rings. The van der Waals surface area contributed by atoms with E-state index in [0.29, 0.717) is 12.1 Å². The van der Waals surface area contributed by atoms with Crippen molar-refractivity contribution in [3.63, 3.8) is 0 Å². The fraction of sp³-hybridized carbons (Fsp3) is 0.478. The second-order valence-corrected chi connectivity index (χ2v) is 11.0. The molecule has 13 heteroatoms. The highest BCUT2D eigenvalue weighted by Gasteiger charge is 2.64. The minimum Gasteiger partial charge on any atom is -0.480 e. The summed E-state index contributed by atoms with van der Waals surface area (Å²) in [4.78, 5) is 78.8. The van der Waals surface area contributed by atoms with E-state index in [1.54, 1.807) is 51.1 Å². The third kappa shape index (κ3) is 4.27. The van der Waals surface area contributed by atoms with Crippen LogP contribution in [-0.4, -0.2) is 97.3 Å². The van der Waals surface area contributed by atoms with Gasteiger partial charge >= 0.3 is 23.8 Å². The number of nitrogens with zero attached hydrogens (tertiary/aromatic N) is 3. The molecule has 0 aromatic heterocycles. The van der Waals surface area contributed by atoms with Crippen molar-refractivity contribution in [2.75, 3.05) is 19.6 Å². The first-order valence-corrected chi connectivity index (χ1v) is 12.3. The lowest BCUT2D eigenvalue weighted by molar-refractivity contribution is -0.161. The molecule has 4 rings (SSSR count). The summed E-state index contributed by atoms with van der Waals surface area (Å²) in [6.45, 7) is 5.67. The van der Waals surface area contributed by atoms with Gasteiger partial charge in [-0.25, -0.2) is 9.59 Å². The Kier molecular flexibility index (Phi) is 6.69. The quantitative estimate of drug-likeness (QED) is 0.345. The Balaban J connectivity index is 1.51. The van der Waals surface area contributed by atoms with Crippen molar-refractivity contribution in [3.05, 3.63) is 35.9 Å². The summed E-state index contributed by atoms with van der Waals surface area (Å²) in [5.41, 5.74) is 0.403. The number of hydrogen-bond donors (Lipinski definition) is 3. The number of carbonyl (C=O) groups excluding carboxylic acids is 5. The van der Waals surface area contributed by atoms with Crippen LogP contribution in [0.2, 0.25) is 0 Å². The van der Waals surface area contributed by atoms with Crippen molar-refractivity contribution in [2.24, 2.45) is 0 Å². The van der Waals surface area contributed by atoms with Gasteiger partial charge in [-0.15, -0.1) is 11.8 Å². The van der Waals surface area contributed by atoms with Crippen LogP contribution in [0.25, 0.3) is 0 Å². The van der Waals surface area contributed by atoms with E-state index in [1.807, 2.05) is 0 Å². The maximum atomic E-state index is 13.3. The van der Waals surface area contributed by atoms with Crippen LogP contribution in [0.1, 0.15) is 32.4 Å². The van der Waals surface area contributed by atoms with Crippen LogP contribution in [-0.2, 0) is 24.0 Å². The minimum atomic E-state index is -1.26. The molecule has 3 aliphatic rings. The number of carbonyl (C=O) groups is 6. The van der Waals surface area contributed by atoms with Gasteiger partial charge in [0.15, 0.2) is 0 Å². The van der Waals surface area contributed by atoms with Gasteiger partial charge in [0.2, 0.25) is 11.8 Å². The van der Waals surface area contributed by atoms with E-state index in [4.69, 9.17) is 0 Å². The summed E-state index contributed by atoms with van der Waals surface area (Å²) in [7, 11) is 0. The lowest BCUT2D eigenvalue weighted by Gasteiger charge is -2.44. The van der Waals surface area contributed by atoms with Crippen molar-refractivity contribution in [1.82, 2.24) is 25.3 Å². The molecule has 3 aliphatic heterocycles. The second kappa shape index (κ2) is 9.45. The predicted octanol–water partition coefficient (Wildman–Crippen LogP) is -0.240. The number of carboxylic acid groups (broad SMARTS) is 1. The Labute approximate surface area is 211 Å². The molecule has 6 amide bonds. The maximum Gasteiger partial charge on any atom is 0.327 e. The number of hydrogen-bond acceptors (Lipinski definition) is 7. The molecule has 3 heterocycles. The SMILES string of the molecule is CCN1CCN(C(=O)N[C@@H](C(=O)N[C@@H]2C(=O)N3C2SC(C)(C)[C@@H]3C(=O)O)c2ccccc2)C(=O)C1=O. The first kappa shape index (κ1) is 25.5. The number of amides is 6. The van der Waals surface area contributed by atoms with E-state index < -0.39 is 63.9 Å². The normalized spacial score (nSPS) is 25.7. The van der Waals surface area contributed by atoms with Crippen LogP contribution in [0, 0.1) is 0 Å². The average Bonchev–Trinajstić information content (AvgIpc) is 3.10. The zero-order valence-corrected chi connectivity index (χ0v) is 20.8. The molecule has 0 saturated carbocycles.